The lowest BCUT2D eigenvalue weighted by atomic mass is 10.0. The van der Waals surface area contributed by atoms with Gasteiger partial charge in [-0.15, -0.1) is 11.3 Å². The predicted molar refractivity (Wildman–Crippen MR) is 91.9 cm³/mol. The first kappa shape index (κ1) is 17.5. The molecule has 23 heavy (non-hydrogen) atoms. The van der Waals surface area contributed by atoms with Gasteiger partial charge in [0.15, 0.2) is 0 Å². The topological polar surface area (TPSA) is 66.4 Å². The van der Waals surface area contributed by atoms with Crippen molar-refractivity contribution in [3.8, 4) is 0 Å². The molecule has 2 aromatic rings. The molecule has 0 bridgehead atoms. The normalized spacial score (nSPS) is 11.9. The second kappa shape index (κ2) is 8.70. The van der Waals surface area contributed by atoms with E-state index in [1.807, 2.05) is 29.6 Å². The van der Waals surface area contributed by atoms with E-state index in [1.165, 1.54) is 0 Å². The molecule has 4 nitrogen and oxygen atoms in total. The molecule has 1 heterocycles. The number of carboxylic acids is 1. The molecular formula is C17H18ClNO3S. The van der Waals surface area contributed by atoms with Gasteiger partial charge in [0.2, 0.25) is 5.91 Å². The number of aliphatic carboxylic acids is 1. The van der Waals surface area contributed by atoms with Gasteiger partial charge in [-0.3, -0.25) is 9.59 Å². The Morgan fingerprint density at radius 1 is 1.13 bits per heavy atom. The summed E-state index contributed by atoms with van der Waals surface area (Å²) in [5.74, 6) is -0.910. The highest BCUT2D eigenvalue weighted by Gasteiger charge is 2.17. The highest BCUT2D eigenvalue weighted by Crippen LogP contribution is 2.27. The van der Waals surface area contributed by atoms with Crippen molar-refractivity contribution in [3.63, 3.8) is 0 Å². The van der Waals surface area contributed by atoms with Crippen molar-refractivity contribution in [3.05, 3.63) is 57.2 Å². The number of halogens is 1. The Morgan fingerprint density at radius 3 is 2.43 bits per heavy atom. The summed E-state index contributed by atoms with van der Waals surface area (Å²) in [6.45, 7) is 0. The standard InChI is InChI=1S/C17H18ClNO3S/c18-13-9-7-12(8-10-13)17(14-4-3-11-23-14)19-15(20)5-1-2-6-16(21)22/h3-4,7-11,17H,1-2,5-6H2,(H,19,20)(H,21,22). The van der Waals surface area contributed by atoms with E-state index in [1.54, 1.807) is 23.5 Å². The van der Waals surface area contributed by atoms with Crippen molar-refractivity contribution in [2.24, 2.45) is 0 Å². The summed E-state index contributed by atoms with van der Waals surface area (Å²) in [5.41, 5.74) is 0.968. The number of carbonyl (C=O) groups is 2. The third kappa shape index (κ3) is 5.69. The Morgan fingerprint density at radius 2 is 1.83 bits per heavy atom. The minimum absolute atomic E-state index is 0.0799. The van der Waals surface area contributed by atoms with Gasteiger partial charge in [-0.05, 0) is 42.0 Å². The van der Waals surface area contributed by atoms with E-state index in [9.17, 15) is 9.59 Å². The molecule has 122 valence electrons. The van der Waals surface area contributed by atoms with Crippen molar-refractivity contribution in [2.45, 2.75) is 31.7 Å². The molecule has 1 aromatic carbocycles. The summed E-state index contributed by atoms with van der Waals surface area (Å²) in [4.78, 5) is 23.7. The molecule has 0 aliphatic rings. The van der Waals surface area contributed by atoms with Gasteiger partial charge < -0.3 is 10.4 Å². The molecule has 2 N–H and O–H groups in total. The fourth-order valence-corrected chi connectivity index (χ4v) is 3.15. The average Bonchev–Trinajstić information content (AvgIpc) is 3.04. The summed E-state index contributed by atoms with van der Waals surface area (Å²) in [6.07, 6.45) is 1.49. The van der Waals surface area contributed by atoms with Gasteiger partial charge in [0.1, 0.15) is 0 Å². The largest absolute Gasteiger partial charge is 0.481 e. The Labute approximate surface area is 144 Å². The van der Waals surface area contributed by atoms with E-state index in [-0.39, 0.29) is 18.4 Å². The Balaban J connectivity index is 2.00. The summed E-state index contributed by atoms with van der Waals surface area (Å²) in [6, 6.07) is 11.1. The number of nitrogens with one attached hydrogen (secondary N) is 1. The third-order valence-electron chi connectivity index (χ3n) is 3.38. The molecule has 0 spiro atoms. The van der Waals surface area contributed by atoms with Gasteiger partial charge in [-0.2, -0.15) is 0 Å². The monoisotopic (exact) mass is 351 g/mol. The maximum absolute atomic E-state index is 12.2. The second-order valence-electron chi connectivity index (χ2n) is 5.17. The molecule has 2 rings (SSSR count). The Kier molecular flexibility index (Phi) is 6.62. The molecule has 0 fully saturated rings. The quantitative estimate of drug-likeness (QED) is 0.698. The molecule has 1 aromatic heterocycles. The van der Waals surface area contributed by atoms with Crippen LogP contribution in [0.3, 0.4) is 0 Å². The molecule has 0 aliphatic carbocycles. The molecule has 1 amide bonds. The van der Waals surface area contributed by atoms with Crippen LogP contribution in [0.4, 0.5) is 0 Å². The molecule has 0 saturated heterocycles. The van der Waals surface area contributed by atoms with E-state index in [4.69, 9.17) is 16.7 Å². The van der Waals surface area contributed by atoms with E-state index < -0.39 is 5.97 Å². The Bertz CT molecular complexity index is 640. The molecule has 0 saturated carbocycles. The zero-order valence-corrected chi connectivity index (χ0v) is 14.1. The van der Waals surface area contributed by atoms with Crippen LogP contribution in [-0.4, -0.2) is 17.0 Å². The zero-order valence-electron chi connectivity index (χ0n) is 12.5. The van der Waals surface area contributed by atoms with Gasteiger partial charge in [0.05, 0.1) is 6.04 Å². The van der Waals surface area contributed by atoms with Crippen molar-refractivity contribution in [1.29, 1.82) is 0 Å². The maximum Gasteiger partial charge on any atom is 0.303 e. The van der Waals surface area contributed by atoms with E-state index in [2.05, 4.69) is 5.32 Å². The van der Waals surface area contributed by atoms with Crippen LogP contribution < -0.4 is 5.32 Å². The number of amides is 1. The van der Waals surface area contributed by atoms with Crippen LogP contribution in [0.5, 0.6) is 0 Å². The number of rotatable bonds is 8. The smallest absolute Gasteiger partial charge is 0.303 e. The molecule has 0 aliphatic heterocycles. The van der Waals surface area contributed by atoms with Crippen LogP contribution in [-0.2, 0) is 9.59 Å². The SMILES string of the molecule is O=C(O)CCCCC(=O)NC(c1ccc(Cl)cc1)c1cccs1. The van der Waals surface area contributed by atoms with E-state index >= 15 is 0 Å². The molecule has 6 heteroatoms. The lowest BCUT2D eigenvalue weighted by molar-refractivity contribution is -0.137. The number of unbranched alkanes of at least 4 members (excludes halogenated alkanes) is 1. The summed E-state index contributed by atoms with van der Waals surface area (Å²) >= 11 is 7.50. The lowest BCUT2D eigenvalue weighted by Crippen LogP contribution is -2.28. The van der Waals surface area contributed by atoms with Crippen molar-refractivity contribution < 1.29 is 14.7 Å². The first-order valence-corrected chi connectivity index (χ1v) is 8.62. The van der Waals surface area contributed by atoms with Crippen LogP contribution in [0.1, 0.15) is 42.2 Å². The van der Waals surface area contributed by atoms with Crippen LogP contribution >= 0.6 is 22.9 Å². The summed E-state index contributed by atoms with van der Waals surface area (Å²) < 4.78 is 0. The molecule has 1 atom stereocenters. The predicted octanol–water partition coefficient (Wildman–Crippen LogP) is 4.25. The summed E-state index contributed by atoms with van der Waals surface area (Å²) in [7, 11) is 0. The summed E-state index contributed by atoms with van der Waals surface area (Å²) in [5, 5.41) is 14.3. The zero-order chi connectivity index (χ0) is 16.7. The second-order valence-corrected chi connectivity index (χ2v) is 6.58. The van der Waals surface area contributed by atoms with Crippen molar-refractivity contribution >= 4 is 34.8 Å². The minimum Gasteiger partial charge on any atom is -0.481 e. The van der Waals surface area contributed by atoms with Gasteiger partial charge >= 0.3 is 5.97 Å². The van der Waals surface area contributed by atoms with Crippen LogP contribution in [0, 0.1) is 0 Å². The number of hydrogen-bond acceptors (Lipinski definition) is 3. The average molecular weight is 352 g/mol. The first-order valence-electron chi connectivity index (χ1n) is 7.36. The fourth-order valence-electron chi connectivity index (χ4n) is 2.22. The number of carbonyl (C=O) groups excluding carboxylic acids is 1. The first-order chi connectivity index (χ1) is 11.1. The van der Waals surface area contributed by atoms with E-state index in [0.717, 1.165) is 10.4 Å². The third-order valence-corrected chi connectivity index (χ3v) is 4.57. The van der Waals surface area contributed by atoms with Crippen LogP contribution in [0.15, 0.2) is 41.8 Å². The van der Waals surface area contributed by atoms with E-state index in [0.29, 0.717) is 24.3 Å². The van der Waals surface area contributed by atoms with Gasteiger partial charge in [0.25, 0.3) is 0 Å². The highest BCUT2D eigenvalue weighted by atomic mass is 35.5. The van der Waals surface area contributed by atoms with Crippen molar-refractivity contribution in [2.75, 3.05) is 0 Å². The van der Waals surface area contributed by atoms with Gasteiger partial charge in [0, 0.05) is 22.7 Å². The van der Waals surface area contributed by atoms with Crippen LogP contribution in [0.2, 0.25) is 5.02 Å². The van der Waals surface area contributed by atoms with Crippen molar-refractivity contribution in [1.82, 2.24) is 5.32 Å². The van der Waals surface area contributed by atoms with Gasteiger partial charge in [-0.1, -0.05) is 29.8 Å². The fraction of sp³-hybridized carbons (Fsp3) is 0.294. The maximum atomic E-state index is 12.2. The highest BCUT2D eigenvalue weighted by molar-refractivity contribution is 7.10. The minimum atomic E-state index is -0.831. The number of thiophene rings is 1. The Hall–Kier alpha value is -1.85. The van der Waals surface area contributed by atoms with Crippen LogP contribution in [0.25, 0.3) is 0 Å². The lowest BCUT2D eigenvalue weighted by Gasteiger charge is -2.18. The molecular weight excluding hydrogens is 334 g/mol. The molecule has 1 unspecified atom stereocenters. The molecule has 0 radical (unpaired) electrons. The number of benzene rings is 1. The number of hydrogen-bond donors (Lipinski definition) is 2. The number of carboxylic acid groups (broad SMARTS) is 1. The van der Waals surface area contributed by atoms with Gasteiger partial charge in [-0.25, -0.2) is 0 Å².